The molecule has 1 aromatic heterocycles. The SMILES string of the molecule is CNC(Cc1ncnn1CC(C)C)c1cc(F)ccc1C. The van der Waals surface area contributed by atoms with Crippen LogP contribution in [0.3, 0.4) is 0 Å². The van der Waals surface area contributed by atoms with Gasteiger partial charge in [-0.25, -0.2) is 14.1 Å². The van der Waals surface area contributed by atoms with E-state index < -0.39 is 0 Å². The zero-order valence-electron chi connectivity index (χ0n) is 13.1. The molecule has 0 radical (unpaired) electrons. The van der Waals surface area contributed by atoms with Crippen LogP contribution in [-0.4, -0.2) is 21.8 Å². The summed E-state index contributed by atoms with van der Waals surface area (Å²) in [4.78, 5) is 4.35. The highest BCUT2D eigenvalue weighted by Crippen LogP contribution is 2.22. The Morgan fingerprint density at radius 1 is 1.33 bits per heavy atom. The van der Waals surface area contributed by atoms with Crippen molar-refractivity contribution < 1.29 is 4.39 Å². The van der Waals surface area contributed by atoms with E-state index in [2.05, 4.69) is 29.2 Å². The summed E-state index contributed by atoms with van der Waals surface area (Å²) in [7, 11) is 1.89. The molecular formula is C16H23FN4. The summed E-state index contributed by atoms with van der Waals surface area (Å²) < 4.78 is 15.4. The van der Waals surface area contributed by atoms with E-state index in [1.807, 2.05) is 24.7 Å². The van der Waals surface area contributed by atoms with Gasteiger partial charge >= 0.3 is 0 Å². The molecule has 5 heteroatoms. The van der Waals surface area contributed by atoms with Crippen molar-refractivity contribution in [2.24, 2.45) is 5.92 Å². The van der Waals surface area contributed by atoms with Crippen molar-refractivity contribution in [1.82, 2.24) is 20.1 Å². The number of aryl methyl sites for hydroxylation is 1. The van der Waals surface area contributed by atoms with E-state index in [9.17, 15) is 4.39 Å². The molecule has 1 unspecified atom stereocenters. The smallest absolute Gasteiger partial charge is 0.138 e. The normalized spacial score (nSPS) is 12.9. The van der Waals surface area contributed by atoms with E-state index in [-0.39, 0.29) is 11.9 Å². The van der Waals surface area contributed by atoms with Crippen molar-refractivity contribution in [2.75, 3.05) is 7.05 Å². The first-order valence-corrected chi connectivity index (χ1v) is 7.31. The van der Waals surface area contributed by atoms with Gasteiger partial charge in [0.25, 0.3) is 0 Å². The lowest BCUT2D eigenvalue weighted by atomic mass is 9.98. The third kappa shape index (κ3) is 3.88. The van der Waals surface area contributed by atoms with Crippen molar-refractivity contribution in [2.45, 2.75) is 39.8 Å². The maximum atomic E-state index is 13.5. The molecule has 1 aromatic carbocycles. The third-order valence-corrected chi connectivity index (χ3v) is 3.59. The largest absolute Gasteiger partial charge is 0.313 e. The minimum absolute atomic E-state index is 0.0239. The molecular weight excluding hydrogens is 267 g/mol. The molecule has 2 aromatic rings. The second-order valence-electron chi connectivity index (χ2n) is 5.80. The van der Waals surface area contributed by atoms with Crippen molar-refractivity contribution in [1.29, 1.82) is 0 Å². The number of aromatic nitrogens is 3. The standard InChI is InChI=1S/C16H23FN4/c1-11(2)9-21-16(19-10-20-21)8-15(18-4)14-7-13(17)6-5-12(14)3/h5-7,10-11,15,18H,8-9H2,1-4H3. The number of nitrogens with zero attached hydrogens (tertiary/aromatic N) is 3. The molecule has 1 atom stereocenters. The van der Waals surface area contributed by atoms with Crippen LogP contribution in [0.1, 0.15) is 36.8 Å². The number of benzene rings is 1. The minimum Gasteiger partial charge on any atom is -0.313 e. The second kappa shape index (κ2) is 6.80. The monoisotopic (exact) mass is 290 g/mol. The molecule has 0 aliphatic carbocycles. The quantitative estimate of drug-likeness (QED) is 0.889. The molecule has 21 heavy (non-hydrogen) atoms. The molecule has 2 rings (SSSR count). The van der Waals surface area contributed by atoms with Gasteiger partial charge in [-0.2, -0.15) is 5.10 Å². The number of nitrogens with one attached hydrogen (secondary N) is 1. The van der Waals surface area contributed by atoms with Gasteiger partial charge in [0.15, 0.2) is 0 Å². The fourth-order valence-corrected chi connectivity index (χ4v) is 2.48. The zero-order valence-corrected chi connectivity index (χ0v) is 13.1. The zero-order chi connectivity index (χ0) is 15.4. The molecule has 0 spiro atoms. The average Bonchev–Trinajstić information content (AvgIpc) is 2.85. The molecule has 0 fully saturated rings. The van der Waals surface area contributed by atoms with Gasteiger partial charge in [-0.15, -0.1) is 0 Å². The number of rotatable bonds is 6. The van der Waals surface area contributed by atoms with Crippen molar-refractivity contribution in [3.05, 3.63) is 47.3 Å². The van der Waals surface area contributed by atoms with Gasteiger partial charge in [-0.05, 0) is 43.1 Å². The Kier molecular flexibility index (Phi) is 5.07. The third-order valence-electron chi connectivity index (χ3n) is 3.59. The second-order valence-corrected chi connectivity index (χ2v) is 5.80. The van der Waals surface area contributed by atoms with E-state index in [0.717, 1.165) is 23.5 Å². The summed E-state index contributed by atoms with van der Waals surface area (Å²) in [5, 5.41) is 7.54. The molecule has 0 bridgehead atoms. The molecule has 114 valence electrons. The fourth-order valence-electron chi connectivity index (χ4n) is 2.48. The van der Waals surface area contributed by atoms with Gasteiger partial charge < -0.3 is 5.32 Å². The van der Waals surface area contributed by atoms with Crippen LogP contribution < -0.4 is 5.32 Å². The Labute approximate surface area is 125 Å². The summed E-state index contributed by atoms with van der Waals surface area (Å²) in [6.07, 6.45) is 2.27. The van der Waals surface area contributed by atoms with E-state index in [4.69, 9.17) is 0 Å². The van der Waals surface area contributed by atoms with Gasteiger partial charge in [-0.3, -0.25) is 0 Å². The number of hydrogen-bond acceptors (Lipinski definition) is 3. The molecule has 4 nitrogen and oxygen atoms in total. The molecule has 0 saturated carbocycles. The van der Waals surface area contributed by atoms with Gasteiger partial charge in [-0.1, -0.05) is 19.9 Å². The average molecular weight is 290 g/mol. The van der Waals surface area contributed by atoms with E-state index in [1.54, 1.807) is 12.4 Å². The van der Waals surface area contributed by atoms with E-state index in [1.165, 1.54) is 6.07 Å². The van der Waals surface area contributed by atoms with Gasteiger partial charge in [0, 0.05) is 19.0 Å². The Morgan fingerprint density at radius 2 is 2.10 bits per heavy atom. The van der Waals surface area contributed by atoms with Crippen molar-refractivity contribution in [3.63, 3.8) is 0 Å². The van der Waals surface area contributed by atoms with Crippen molar-refractivity contribution >= 4 is 0 Å². The van der Waals surface area contributed by atoms with Gasteiger partial charge in [0.2, 0.25) is 0 Å². The Balaban J connectivity index is 2.23. The predicted octanol–water partition coefficient (Wildman–Crippen LogP) is 2.88. The Bertz CT molecular complexity index is 592. The number of halogens is 1. The minimum atomic E-state index is -0.209. The Morgan fingerprint density at radius 3 is 2.76 bits per heavy atom. The first kappa shape index (κ1) is 15.6. The van der Waals surface area contributed by atoms with Crippen LogP contribution in [0, 0.1) is 18.7 Å². The van der Waals surface area contributed by atoms with Crippen LogP contribution >= 0.6 is 0 Å². The highest BCUT2D eigenvalue weighted by molar-refractivity contribution is 5.30. The van der Waals surface area contributed by atoms with E-state index in [0.29, 0.717) is 12.3 Å². The van der Waals surface area contributed by atoms with Crippen LogP contribution in [0.2, 0.25) is 0 Å². The maximum Gasteiger partial charge on any atom is 0.138 e. The van der Waals surface area contributed by atoms with Gasteiger partial charge in [0.05, 0.1) is 0 Å². The van der Waals surface area contributed by atoms with E-state index >= 15 is 0 Å². The number of hydrogen-bond donors (Lipinski definition) is 1. The van der Waals surface area contributed by atoms with Crippen molar-refractivity contribution in [3.8, 4) is 0 Å². The molecule has 0 aliphatic rings. The number of likely N-dealkylation sites (N-methyl/N-ethyl adjacent to an activating group) is 1. The van der Waals surface area contributed by atoms with Crippen LogP contribution in [0.4, 0.5) is 4.39 Å². The van der Waals surface area contributed by atoms with Crippen LogP contribution in [0.25, 0.3) is 0 Å². The molecule has 0 saturated heterocycles. The molecule has 1 N–H and O–H groups in total. The molecule has 1 heterocycles. The summed E-state index contributed by atoms with van der Waals surface area (Å²) in [5.74, 6) is 1.22. The highest BCUT2D eigenvalue weighted by Gasteiger charge is 2.17. The fraction of sp³-hybridized carbons (Fsp3) is 0.500. The van der Waals surface area contributed by atoms with Crippen LogP contribution in [0.15, 0.2) is 24.5 Å². The topological polar surface area (TPSA) is 42.7 Å². The molecule has 0 aliphatic heterocycles. The first-order valence-electron chi connectivity index (χ1n) is 7.31. The highest BCUT2D eigenvalue weighted by atomic mass is 19.1. The summed E-state index contributed by atoms with van der Waals surface area (Å²) in [6.45, 7) is 7.14. The van der Waals surface area contributed by atoms with Crippen LogP contribution in [0.5, 0.6) is 0 Å². The predicted molar refractivity (Wildman–Crippen MR) is 81.5 cm³/mol. The lowest BCUT2D eigenvalue weighted by molar-refractivity contribution is 0.450. The van der Waals surface area contributed by atoms with Crippen LogP contribution in [-0.2, 0) is 13.0 Å². The lowest BCUT2D eigenvalue weighted by Crippen LogP contribution is -2.22. The molecule has 0 amide bonds. The lowest BCUT2D eigenvalue weighted by Gasteiger charge is -2.19. The Hall–Kier alpha value is -1.75. The summed E-state index contributed by atoms with van der Waals surface area (Å²) in [6, 6.07) is 4.93. The summed E-state index contributed by atoms with van der Waals surface area (Å²) >= 11 is 0. The first-order chi connectivity index (χ1) is 10.0. The maximum absolute atomic E-state index is 13.5. The summed E-state index contributed by atoms with van der Waals surface area (Å²) in [5.41, 5.74) is 2.04. The van der Waals surface area contributed by atoms with Gasteiger partial charge in [0.1, 0.15) is 18.0 Å².